The van der Waals surface area contributed by atoms with Crippen LogP contribution in [0.4, 0.5) is 10.8 Å². The van der Waals surface area contributed by atoms with Crippen LogP contribution in [-0.4, -0.2) is 10.4 Å². The molecule has 0 spiro atoms. The molecule has 1 aliphatic rings. The van der Waals surface area contributed by atoms with Gasteiger partial charge in [0.25, 0.3) is 0 Å². The van der Waals surface area contributed by atoms with Gasteiger partial charge in [0.2, 0.25) is 0 Å². The van der Waals surface area contributed by atoms with Crippen LogP contribution in [0.25, 0.3) is 0 Å². The minimum atomic E-state index is 0.345. The smallest absolute Gasteiger partial charge is 0.142 e. The molecule has 1 aromatic rings. The molecule has 1 aromatic heterocycles. The summed E-state index contributed by atoms with van der Waals surface area (Å²) in [7, 11) is 0. The zero-order valence-corrected chi connectivity index (χ0v) is 10.8. The summed E-state index contributed by atoms with van der Waals surface area (Å²) in [6.07, 6.45) is 0. The highest BCUT2D eigenvalue weighted by Gasteiger charge is 2.65. The summed E-state index contributed by atoms with van der Waals surface area (Å²) < 4.78 is 4.15. The van der Waals surface area contributed by atoms with E-state index < -0.39 is 0 Å². The molecule has 0 atom stereocenters. The van der Waals surface area contributed by atoms with Crippen LogP contribution >= 0.6 is 11.5 Å². The first-order valence-electron chi connectivity index (χ1n) is 5.27. The number of hydrogen-bond donors (Lipinski definition) is 2. The third-order valence-electron chi connectivity index (χ3n) is 4.26. The summed E-state index contributed by atoms with van der Waals surface area (Å²) in [5.74, 6) is 0.652. The molecule has 3 nitrogen and oxygen atoms in total. The minimum Gasteiger partial charge on any atom is -0.383 e. The number of nitrogens with one attached hydrogen (secondary N) is 1. The Kier molecular flexibility index (Phi) is 2.06. The van der Waals surface area contributed by atoms with E-state index in [0.29, 0.717) is 22.7 Å². The Bertz CT molecular complexity index is 379. The normalized spacial score (nSPS) is 22.7. The molecule has 3 N–H and O–H groups in total. The van der Waals surface area contributed by atoms with Crippen molar-refractivity contribution in [3.63, 3.8) is 0 Å². The van der Waals surface area contributed by atoms with Crippen molar-refractivity contribution in [2.24, 2.45) is 10.8 Å². The molecular weight excluding hydrogens is 206 g/mol. The monoisotopic (exact) mass is 225 g/mol. The molecular formula is C11H19N3S. The zero-order valence-electron chi connectivity index (χ0n) is 10.0. The van der Waals surface area contributed by atoms with Gasteiger partial charge in [-0.1, -0.05) is 27.7 Å². The molecule has 2 rings (SSSR count). The fraction of sp³-hybridized carbons (Fsp3) is 0.727. The largest absolute Gasteiger partial charge is 0.383 e. The highest BCUT2D eigenvalue weighted by atomic mass is 32.1. The number of nitrogen functional groups attached to an aromatic ring is 1. The van der Waals surface area contributed by atoms with Crippen LogP contribution in [0, 0.1) is 17.8 Å². The number of nitrogens with zero attached hydrogens (tertiary/aromatic N) is 1. The average molecular weight is 225 g/mol. The second-order valence-electron chi connectivity index (χ2n) is 5.54. The lowest BCUT2D eigenvalue weighted by Gasteiger charge is -2.05. The van der Waals surface area contributed by atoms with E-state index in [-0.39, 0.29) is 0 Å². The highest BCUT2D eigenvalue weighted by Crippen LogP contribution is 2.64. The van der Waals surface area contributed by atoms with Crippen LogP contribution < -0.4 is 11.1 Å². The maximum absolute atomic E-state index is 5.73. The lowest BCUT2D eigenvalue weighted by atomic mass is 10.0. The van der Waals surface area contributed by atoms with Crippen molar-refractivity contribution in [3.8, 4) is 0 Å². The molecule has 15 heavy (non-hydrogen) atoms. The molecule has 0 unspecified atom stereocenters. The lowest BCUT2D eigenvalue weighted by Crippen LogP contribution is -2.09. The number of anilines is 2. The molecule has 0 aliphatic heterocycles. The summed E-state index contributed by atoms with van der Waals surface area (Å²) in [5.41, 5.74) is 7.50. The predicted octanol–water partition coefficient (Wildman–Crippen LogP) is 2.88. The van der Waals surface area contributed by atoms with Crippen LogP contribution in [0.1, 0.15) is 33.3 Å². The predicted molar refractivity (Wildman–Crippen MR) is 66.2 cm³/mol. The average Bonchev–Trinajstić information content (AvgIpc) is 2.43. The van der Waals surface area contributed by atoms with Gasteiger partial charge in [0.05, 0.1) is 0 Å². The Hall–Kier alpha value is -0.770. The van der Waals surface area contributed by atoms with E-state index in [1.807, 2.05) is 6.92 Å². The van der Waals surface area contributed by atoms with Gasteiger partial charge in [-0.2, -0.15) is 4.37 Å². The third kappa shape index (κ3) is 1.34. The van der Waals surface area contributed by atoms with E-state index in [4.69, 9.17) is 5.73 Å². The number of hydrogen-bond acceptors (Lipinski definition) is 4. The highest BCUT2D eigenvalue weighted by molar-refractivity contribution is 7.10. The van der Waals surface area contributed by atoms with Crippen LogP contribution in [0.15, 0.2) is 0 Å². The molecule has 1 heterocycles. The van der Waals surface area contributed by atoms with E-state index in [1.165, 1.54) is 11.5 Å². The van der Waals surface area contributed by atoms with Crippen molar-refractivity contribution in [2.45, 2.75) is 40.7 Å². The van der Waals surface area contributed by atoms with E-state index in [0.717, 1.165) is 10.6 Å². The number of aromatic nitrogens is 1. The summed E-state index contributed by atoms with van der Waals surface area (Å²) in [6, 6.07) is 0.517. The summed E-state index contributed by atoms with van der Waals surface area (Å²) in [4.78, 5) is 0. The van der Waals surface area contributed by atoms with Crippen LogP contribution in [0.3, 0.4) is 0 Å². The van der Waals surface area contributed by atoms with Crippen molar-refractivity contribution in [1.29, 1.82) is 0 Å². The zero-order chi connectivity index (χ0) is 11.4. The maximum atomic E-state index is 5.73. The first kappa shape index (κ1) is 10.7. The van der Waals surface area contributed by atoms with Crippen molar-refractivity contribution >= 4 is 22.4 Å². The van der Waals surface area contributed by atoms with E-state index >= 15 is 0 Å². The Labute approximate surface area is 95.2 Å². The quantitative estimate of drug-likeness (QED) is 0.813. The fourth-order valence-corrected chi connectivity index (χ4v) is 2.91. The van der Waals surface area contributed by atoms with E-state index in [2.05, 4.69) is 37.4 Å². The Balaban J connectivity index is 2.16. The third-order valence-corrected chi connectivity index (χ3v) is 5.15. The molecule has 0 bridgehead atoms. The molecule has 1 fully saturated rings. The van der Waals surface area contributed by atoms with E-state index in [1.54, 1.807) is 0 Å². The first-order valence-corrected chi connectivity index (χ1v) is 6.04. The first-order chi connectivity index (χ1) is 6.78. The molecule has 0 aromatic carbocycles. The summed E-state index contributed by atoms with van der Waals surface area (Å²) in [6.45, 7) is 11.2. The van der Waals surface area contributed by atoms with Gasteiger partial charge in [0.15, 0.2) is 0 Å². The van der Waals surface area contributed by atoms with Crippen molar-refractivity contribution < 1.29 is 0 Å². The fourth-order valence-electron chi connectivity index (χ4n) is 2.17. The second kappa shape index (κ2) is 2.88. The molecule has 84 valence electrons. The molecule has 1 aliphatic carbocycles. The minimum absolute atomic E-state index is 0.345. The Morgan fingerprint density at radius 2 is 1.80 bits per heavy atom. The standard InChI is InChI=1S/C11H19N3S/c1-6-7(12)14-15-8(6)13-9-10(2,3)11(9,4)5/h9,13H,1-5H3,(H2,12,14). The molecule has 1 saturated carbocycles. The molecule has 0 radical (unpaired) electrons. The van der Waals surface area contributed by atoms with Crippen molar-refractivity contribution in [2.75, 3.05) is 11.1 Å². The van der Waals surface area contributed by atoms with Crippen LogP contribution in [0.5, 0.6) is 0 Å². The molecule has 0 amide bonds. The Morgan fingerprint density at radius 3 is 2.13 bits per heavy atom. The lowest BCUT2D eigenvalue weighted by molar-refractivity contribution is 0.457. The number of rotatable bonds is 2. The summed E-state index contributed by atoms with van der Waals surface area (Å²) >= 11 is 1.46. The van der Waals surface area contributed by atoms with Gasteiger partial charge in [-0.3, -0.25) is 0 Å². The Morgan fingerprint density at radius 1 is 1.27 bits per heavy atom. The van der Waals surface area contributed by atoms with Gasteiger partial charge in [-0.25, -0.2) is 0 Å². The SMILES string of the molecule is Cc1c(N)nsc1NC1C(C)(C)C1(C)C. The second-order valence-corrected chi connectivity index (χ2v) is 6.32. The van der Waals surface area contributed by atoms with E-state index in [9.17, 15) is 0 Å². The van der Waals surface area contributed by atoms with Crippen LogP contribution in [0.2, 0.25) is 0 Å². The topological polar surface area (TPSA) is 50.9 Å². The van der Waals surface area contributed by atoms with Crippen LogP contribution in [-0.2, 0) is 0 Å². The molecule has 4 heteroatoms. The summed E-state index contributed by atoms with van der Waals surface area (Å²) in [5, 5.41) is 4.68. The van der Waals surface area contributed by atoms with Crippen molar-refractivity contribution in [3.05, 3.63) is 5.56 Å². The van der Waals surface area contributed by atoms with Gasteiger partial charge >= 0.3 is 0 Å². The van der Waals surface area contributed by atoms with Crippen molar-refractivity contribution in [1.82, 2.24) is 4.37 Å². The molecule has 0 saturated heterocycles. The van der Waals surface area contributed by atoms with Gasteiger partial charge in [0, 0.05) is 11.6 Å². The maximum Gasteiger partial charge on any atom is 0.142 e. The van der Waals surface area contributed by atoms with Gasteiger partial charge in [-0.05, 0) is 29.3 Å². The number of nitrogens with two attached hydrogens (primary N) is 1. The van der Waals surface area contributed by atoms with Gasteiger partial charge in [0.1, 0.15) is 10.8 Å². The van der Waals surface area contributed by atoms with Gasteiger partial charge in [-0.15, -0.1) is 0 Å². The van der Waals surface area contributed by atoms with Gasteiger partial charge < -0.3 is 11.1 Å².